The van der Waals surface area contributed by atoms with Crippen LogP contribution in [0.3, 0.4) is 0 Å². The highest BCUT2D eigenvalue weighted by Gasteiger charge is 2.22. The van der Waals surface area contributed by atoms with Crippen LogP contribution >= 0.6 is 0 Å². The lowest BCUT2D eigenvalue weighted by Gasteiger charge is -2.01. The van der Waals surface area contributed by atoms with Crippen molar-refractivity contribution < 1.29 is 79.8 Å². The Bertz CT molecular complexity index is 2220. The third-order valence-corrected chi connectivity index (χ3v) is 7.16. The Morgan fingerprint density at radius 2 is 0.847 bits per heavy atom. The van der Waals surface area contributed by atoms with Crippen LogP contribution in [0.5, 0.6) is 23.0 Å². The Labute approximate surface area is 332 Å². The predicted molar refractivity (Wildman–Crippen MR) is 206 cm³/mol. The summed E-state index contributed by atoms with van der Waals surface area (Å²) in [6.07, 6.45) is 0. The normalized spacial score (nSPS) is 9.56. The number of carboxylic acid groups (broad SMARTS) is 5. The molecule has 0 radical (unpaired) electrons. The van der Waals surface area contributed by atoms with Gasteiger partial charge in [0.25, 0.3) is 0 Å². The molecule has 5 aromatic rings. The molecule has 0 aromatic heterocycles. The molecule has 0 saturated carbocycles. The van der Waals surface area contributed by atoms with Gasteiger partial charge in [-0.2, -0.15) is 0 Å². The molecule has 0 amide bonds. The van der Waals surface area contributed by atoms with Crippen molar-refractivity contribution in [2.24, 2.45) is 0 Å². The summed E-state index contributed by atoms with van der Waals surface area (Å²) in [5.41, 5.74) is 0.984. The summed E-state index contributed by atoms with van der Waals surface area (Å²) >= 11 is 0. The number of hydrogen-bond acceptors (Lipinski definition) is 13. The second-order valence-corrected chi connectivity index (χ2v) is 11.8. The van der Waals surface area contributed by atoms with Gasteiger partial charge in [0, 0.05) is 12.1 Å². The molecule has 20 heteroatoms. The average Bonchev–Trinajstić information content (AvgIpc) is 3.15. The van der Waals surface area contributed by atoms with E-state index in [1.165, 1.54) is 68.4 Å². The molecule has 5 rings (SSSR count). The lowest BCUT2D eigenvalue weighted by atomic mass is 10.1. The van der Waals surface area contributed by atoms with Crippen LogP contribution in [0.2, 0.25) is 0 Å². The molecule has 0 aliphatic rings. The van der Waals surface area contributed by atoms with Crippen LogP contribution < -0.4 is 0 Å². The minimum atomic E-state index is -1.39. The molecule has 0 saturated heterocycles. The van der Waals surface area contributed by atoms with Crippen molar-refractivity contribution in [1.29, 1.82) is 0 Å². The molecule has 0 heterocycles. The summed E-state index contributed by atoms with van der Waals surface area (Å²) in [6, 6.07) is 21.0. The highest BCUT2D eigenvalue weighted by Crippen LogP contribution is 2.32. The maximum absolute atomic E-state index is 10.6. The first-order valence-corrected chi connectivity index (χ1v) is 16.2. The number of benzene rings is 5. The molecule has 310 valence electrons. The highest BCUT2D eigenvalue weighted by atomic mass is 16.6. The van der Waals surface area contributed by atoms with Crippen molar-refractivity contribution in [2.45, 2.75) is 27.7 Å². The standard InChI is InChI=1S/2C8H7NO5.C8H8O3.C8H8O2.C7H6O3/c2*1-4-2-5(8(11)12)7(10)6(3-4)9(13)14;1-5-4-6(8(10)11)2-3-7(5)9;1-6-2-4-7(5-3-6)8(9)10;8-6-3-1-2-5(4-6)7(9)10/h2*2-3,10H,1H3,(H,11,12);2-4,9H,1H3,(H,10,11);2-5H,1H3,(H,9,10);1-4,8H,(H,9,10). The van der Waals surface area contributed by atoms with Crippen LogP contribution in [0.4, 0.5) is 11.4 Å². The summed E-state index contributed by atoms with van der Waals surface area (Å²) in [5.74, 6) is -7.20. The number of phenolic OH excluding ortho intramolecular Hbond substituents is 2. The van der Waals surface area contributed by atoms with E-state index in [2.05, 4.69) is 0 Å². The third kappa shape index (κ3) is 15.6. The Morgan fingerprint density at radius 3 is 1.17 bits per heavy atom. The van der Waals surface area contributed by atoms with Gasteiger partial charge in [-0.05, 0) is 105 Å². The number of carbonyl (C=O) groups is 5. The monoisotopic (exact) mass is 820 g/mol. The number of nitro groups is 2. The number of carboxylic acids is 5. The molecule has 0 aliphatic carbocycles. The zero-order valence-corrected chi connectivity index (χ0v) is 31.3. The number of aromatic carboxylic acids is 5. The number of aryl methyl sites for hydroxylation is 4. The fourth-order valence-corrected chi connectivity index (χ4v) is 4.25. The minimum Gasteiger partial charge on any atom is -0.508 e. The van der Waals surface area contributed by atoms with E-state index >= 15 is 0 Å². The Kier molecular flexibility index (Phi) is 18.2. The first-order valence-electron chi connectivity index (χ1n) is 16.2. The van der Waals surface area contributed by atoms with Crippen molar-refractivity contribution >= 4 is 41.2 Å². The number of rotatable bonds is 7. The summed E-state index contributed by atoms with van der Waals surface area (Å²) in [6.45, 7) is 6.60. The summed E-state index contributed by atoms with van der Waals surface area (Å²) in [7, 11) is 0. The Morgan fingerprint density at radius 1 is 0.458 bits per heavy atom. The van der Waals surface area contributed by atoms with Gasteiger partial charge in [-0.3, -0.25) is 20.2 Å². The molecule has 0 unspecified atom stereocenters. The summed E-state index contributed by atoms with van der Waals surface area (Å²) in [5, 5.41) is 99.7. The van der Waals surface area contributed by atoms with Gasteiger partial charge < -0.3 is 46.0 Å². The number of nitrogens with zero attached hydrogens (tertiary/aromatic N) is 2. The molecule has 0 spiro atoms. The van der Waals surface area contributed by atoms with Gasteiger partial charge in [-0.25, -0.2) is 24.0 Å². The van der Waals surface area contributed by atoms with E-state index in [0.29, 0.717) is 22.3 Å². The largest absolute Gasteiger partial charge is 0.508 e. The zero-order valence-electron chi connectivity index (χ0n) is 31.3. The van der Waals surface area contributed by atoms with Crippen LogP contribution in [0.15, 0.2) is 91.0 Å². The quantitative estimate of drug-likeness (QED) is 0.0602. The van der Waals surface area contributed by atoms with Gasteiger partial charge >= 0.3 is 41.2 Å². The number of aromatic hydroxyl groups is 4. The van der Waals surface area contributed by atoms with Crippen molar-refractivity contribution in [1.82, 2.24) is 0 Å². The molecule has 20 nitrogen and oxygen atoms in total. The molecular formula is C39H36N2O18. The fourth-order valence-electron chi connectivity index (χ4n) is 4.25. The lowest BCUT2D eigenvalue weighted by Crippen LogP contribution is -2.00. The maximum atomic E-state index is 10.6. The second-order valence-electron chi connectivity index (χ2n) is 11.8. The zero-order chi connectivity index (χ0) is 45.3. The van der Waals surface area contributed by atoms with E-state index in [9.17, 15) is 54.4 Å². The van der Waals surface area contributed by atoms with E-state index in [1.807, 2.05) is 6.92 Å². The van der Waals surface area contributed by atoms with E-state index in [-0.39, 0.29) is 22.6 Å². The third-order valence-electron chi connectivity index (χ3n) is 7.16. The predicted octanol–water partition coefficient (Wildman–Crippen LogP) is 6.80. The topological polar surface area (TPSA) is 354 Å². The maximum Gasteiger partial charge on any atom is 0.339 e. The van der Waals surface area contributed by atoms with Crippen LogP contribution in [0.25, 0.3) is 0 Å². The Balaban J connectivity index is 0.000000372. The first-order chi connectivity index (χ1) is 27.4. The van der Waals surface area contributed by atoms with Gasteiger partial charge in [0.2, 0.25) is 11.5 Å². The molecule has 0 fully saturated rings. The van der Waals surface area contributed by atoms with Gasteiger partial charge in [0.05, 0.1) is 26.5 Å². The van der Waals surface area contributed by atoms with E-state index < -0.39 is 73.7 Å². The van der Waals surface area contributed by atoms with Gasteiger partial charge in [-0.15, -0.1) is 0 Å². The highest BCUT2D eigenvalue weighted by molar-refractivity contribution is 5.93. The van der Waals surface area contributed by atoms with E-state index in [0.717, 1.165) is 17.7 Å². The molecule has 59 heavy (non-hydrogen) atoms. The summed E-state index contributed by atoms with van der Waals surface area (Å²) in [4.78, 5) is 71.2. The van der Waals surface area contributed by atoms with Crippen molar-refractivity contribution in [3.05, 3.63) is 161 Å². The SMILES string of the molecule is Cc1cc(C(=O)O)c(O)c([N+](=O)[O-])c1.Cc1cc(C(=O)O)c(O)c([N+](=O)[O-])c1.Cc1cc(C(=O)O)ccc1O.Cc1ccc(C(=O)O)cc1.O=C(O)c1cccc(O)c1. The Hall–Kier alpha value is -8.55. The van der Waals surface area contributed by atoms with Crippen molar-refractivity contribution in [2.75, 3.05) is 0 Å². The van der Waals surface area contributed by atoms with Crippen molar-refractivity contribution in [3.63, 3.8) is 0 Å². The molecule has 0 atom stereocenters. The molecule has 5 aromatic carbocycles. The van der Waals surface area contributed by atoms with Gasteiger partial charge in [-0.1, -0.05) is 23.8 Å². The first kappa shape index (κ1) is 48.5. The van der Waals surface area contributed by atoms with Crippen LogP contribution in [-0.2, 0) is 0 Å². The molecule has 0 bridgehead atoms. The lowest BCUT2D eigenvalue weighted by molar-refractivity contribution is -0.386. The smallest absolute Gasteiger partial charge is 0.339 e. The van der Waals surface area contributed by atoms with Gasteiger partial charge in [0.15, 0.2) is 0 Å². The van der Waals surface area contributed by atoms with E-state index in [1.54, 1.807) is 31.2 Å². The van der Waals surface area contributed by atoms with Crippen LogP contribution in [0.1, 0.15) is 74.0 Å². The van der Waals surface area contributed by atoms with Crippen molar-refractivity contribution in [3.8, 4) is 23.0 Å². The second kappa shape index (κ2) is 22.1. The number of hydrogen-bond donors (Lipinski definition) is 9. The minimum absolute atomic E-state index is 0.0279. The van der Waals surface area contributed by atoms with Crippen LogP contribution in [-0.4, -0.2) is 85.7 Å². The van der Waals surface area contributed by atoms with Gasteiger partial charge in [0.1, 0.15) is 22.6 Å². The van der Waals surface area contributed by atoms with E-state index in [4.69, 9.17) is 35.7 Å². The molecule has 0 aliphatic heterocycles. The number of phenols is 4. The number of nitro benzene ring substituents is 2. The molecular weight excluding hydrogens is 784 g/mol. The average molecular weight is 821 g/mol. The fraction of sp³-hybridized carbons (Fsp3) is 0.103. The summed E-state index contributed by atoms with van der Waals surface area (Å²) < 4.78 is 0. The van der Waals surface area contributed by atoms with Crippen LogP contribution in [0, 0.1) is 47.9 Å². The molecule has 9 N–H and O–H groups in total.